The summed E-state index contributed by atoms with van der Waals surface area (Å²) in [6.07, 6.45) is 0. The highest BCUT2D eigenvalue weighted by Gasteiger charge is 2.20. The van der Waals surface area contributed by atoms with E-state index in [1.807, 2.05) is 0 Å². The van der Waals surface area contributed by atoms with Crippen LogP contribution in [0.4, 0.5) is 8.78 Å². The maximum Gasteiger partial charge on any atom is 0.387 e. The van der Waals surface area contributed by atoms with Crippen molar-refractivity contribution < 1.29 is 31.4 Å². The van der Waals surface area contributed by atoms with Gasteiger partial charge in [0.2, 0.25) is 6.79 Å². The van der Waals surface area contributed by atoms with Gasteiger partial charge in [-0.1, -0.05) is 6.92 Å². The minimum Gasteiger partial charge on any atom is -0.454 e. The molecule has 1 aliphatic rings. The average Bonchev–Trinajstić information content (AvgIpc) is 3.04. The van der Waals surface area contributed by atoms with Gasteiger partial charge in [0.25, 0.3) is 0 Å². The number of rotatable bonds is 8. The maximum absolute atomic E-state index is 12.6. The standard InChI is InChI=1S/C15H21F2N3O5S.HI/c1-3-26(21,22)5-4-19-15(18-2)20-8-10-6-12-13(24-9-23-12)7-11(10)25-14(16)17;/h6-7,14H,3-5,8-9H2,1-2H3,(H2,18,19,20);1H. The Bertz CT molecular complexity index is 762. The van der Waals surface area contributed by atoms with Crippen LogP contribution in [0.15, 0.2) is 17.1 Å². The van der Waals surface area contributed by atoms with E-state index in [0.717, 1.165) is 0 Å². The highest BCUT2D eigenvalue weighted by molar-refractivity contribution is 14.0. The molecule has 0 spiro atoms. The summed E-state index contributed by atoms with van der Waals surface area (Å²) >= 11 is 0. The van der Waals surface area contributed by atoms with Gasteiger partial charge in [-0.2, -0.15) is 8.78 Å². The van der Waals surface area contributed by atoms with Crippen LogP contribution >= 0.6 is 24.0 Å². The SMILES string of the molecule is CCS(=O)(=O)CCNC(=NC)NCc1cc2c(cc1OC(F)F)OCO2.I. The first-order valence-corrected chi connectivity index (χ1v) is 9.69. The number of fused-ring (bicyclic) bond motifs is 1. The number of hydrogen-bond acceptors (Lipinski definition) is 6. The summed E-state index contributed by atoms with van der Waals surface area (Å²) in [6, 6.07) is 2.89. The molecule has 12 heteroatoms. The Balaban J connectivity index is 0.00000364. The lowest BCUT2D eigenvalue weighted by Gasteiger charge is -2.15. The molecule has 2 N–H and O–H groups in total. The highest BCUT2D eigenvalue weighted by Crippen LogP contribution is 2.38. The van der Waals surface area contributed by atoms with E-state index in [0.29, 0.717) is 23.0 Å². The van der Waals surface area contributed by atoms with Gasteiger partial charge in [-0.3, -0.25) is 4.99 Å². The molecule has 1 aromatic carbocycles. The molecule has 0 aromatic heterocycles. The van der Waals surface area contributed by atoms with E-state index in [1.54, 1.807) is 13.0 Å². The van der Waals surface area contributed by atoms with Crippen LogP contribution < -0.4 is 24.8 Å². The van der Waals surface area contributed by atoms with Crippen LogP contribution in [0.25, 0.3) is 0 Å². The second-order valence-corrected chi connectivity index (χ2v) is 7.75. The number of nitrogens with zero attached hydrogens (tertiary/aromatic N) is 1. The fourth-order valence-corrected chi connectivity index (χ4v) is 2.88. The molecule has 0 unspecified atom stereocenters. The number of hydrogen-bond donors (Lipinski definition) is 2. The number of benzene rings is 1. The molecule has 0 bridgehead atoms. The molecule has 154 valence electrons. The largest absolute Gasteiger partial charge is 0.454 e. The molecule has 0 atom stereocenters. The van der Waals surface area contributed by atoms with Gasteiger partial charge in [0, 0.05) is 37.5 Å². The molecule has 0 fully saturated rings. The van der Waals surface area contributed by atoms with Crippen molar-refractivity contribution in [3.63, 3.8) is 0 Å². The number of aliphatic imine (C=N–C) groups is 1. The Morgan fingerprint density at radius 2 is 1.96 bits per heavy atom. The van der Waals surface area contributed by atoms with Crippen molar-refractivity contribution in [1.29, 1.82) is 0 Å². The van der Waals surface area contributed by atoms with Crippen LogP contribution in [0.5, 0.6) is 17.2 Å². The third-order valence-corrected chi connectivity index (χ3v) is 5.29. The summed E-state index contributed by atoms with van der Waals surface area (Å²) in [7, 11) is -1.58. The molecular formula is C15H22F2IN3O5S. The fraction of sp³-hybridized carbons (Fsp3) is 0.533. The normalized spacial score (nSPS) is 13.3. The second kappa shape index (κ2) is 10.7. The molecule has 2 rings (SSSR count). The Morgan fingerprint density at radius 3 is 2.56 bits per heavy atom. The highest BCUT2D eigenvalue weighted by atomic mass is 127. The fourth-order valence-electron chi connectivity index (χ4n) is 2.18. The summed E-state index contributed by atoms with van der Waals surface area (Å²) in [6.45, 7) is -1.11. The molecule has 1 aromatic rings. The second-order valence-electron chi connectivity index (χ2n) is 5.28. The van der Waals surface area contributed by atoms with E-state index in [9.17, 15) is 17.2 Å². The first kappa shape index (κ1) is 23.5. The van der Waals surface area contributed by atoms with E-state index < -0.39 is 16.4 Å². The van der Waals surface area contributed by atoms with Crippen molar-refractivity contribution in [1.82, 2.24) is 10.6 Å². The lowest BCUT2D eigenvalue weighted by atomic mass is 10.1. The third-order valence-electron chi connectivity index (χ3n) is 3.59. The summed E-state index contributed by atoms with van der Waals surface area (Å²) in [5.41, 5.74) is 0.415. The van der Waals surface area contributed by atoms with Gasteiger partial charge >= 0.3 is 6.61 Å². The van der Waals surface area contributed by atoms with Crippen molar-refractivity contribution in [3.8, 4) is 17.2 Å². The van der Waals surface area contributed by atoms with E-state index in [1.165, 1.54) is 13.1 Å². The quantitative estimate of drug-likeness (QED) is 0.306. The van der Waals surface area contributed by atoms with Crippen LogP contribution in [-0.4, -0.2) is 52.9 Å². The third kappa shape index (κ3) is 7.16. The van der Waals surface area contributed by atoms with Gasteiger partial charge in [-0.05, 0) is 6.07 Å². The molecule has 0 saturated heterocycles. The lowest BCUT2D eigenvalue weighted by molar-refractivity contribution is -0.0505. The molecular weight excluding hydrogens is 499 g/mol. The molecule has 0 amide bonds. The van der Waals surface area contributed by atoms with Gasteiger partial charge in [-0.15, -0.1) is 24.0 Å². The van der Waals surface area contributed by atoms with Crippen molar-refractivity contribution >= 4 is 39.8 Å². The molecule has 27 heavy (non-hydrogen) atoms. The smallest absolute Gasteiger partial charge is 0.387 e. The van der Waals surface area contributed by atoms with Crippen LogP contribution in [0.1, 0.15) is 12.5 Å². The van der Waals surface area contributed by atoms with Gasteiger partial charge in [0.15, 0.2) is 27.3 Å². The van der Waals surface area contributed by atoms with Gasteiger partial charge in [-0.25, -0.2) is 8.42 Å². The van der Waals surface area contributed by atoms with E-state index in [-0.39, 0.29) is 61.1 Å². The molecule has 0 saturated carbocycles. The lowest BCUT2D eigenvalue weighted by Crippen LogP contribution is -2.39. The van der Waals surface area contributed by atoms with Crippen LogP contribution in [0, 0.1) is 0 Å². The predicted molar refractivity (Wildman–Crippen MR) is 107 cm³/mol. The van der Waals surface area contributed by atoms with Gasteiger partial charge < -0.3 is 24.8 Å². The Kier molecular flexibility index (Phi) is 9.29. The van der Waals surface area contributed by atoms with Crippen LogP contribution in [0.2, 0.25) is 0 Å². The number of ether oxygens (including phenoxy) is 3. The summed E-state index contributed by atoms with van der Waals surface area (Å²) in [4.78, 5) is 3.97. The number of alkyl halides is 2. The Hall–Kier alpha value is -1.57. The summed E-state index contributed by atoms with van der Waals surface area (Å²) in [5.74, 6) is 1.08. The minimum atomic E-state index is -3.10. The van der Waals surface area contributed by atoms with Crippen molar-refractivity contribution in [3.05, 3.63) is 17.7 Å². The minimum absolute atomic E-state index is 0. The summed E-state index contributed by atoms with van der Waals surface area (Å²) < 4.78 is 63.2. The first-order chi connectivity index (χ1) is 12.3. The predicted octanol–water partition coefficient (Wildman–Crippen LogP) is 1.73. The zero-order valence-corrected chi connectivity index (χ0v) is 18.0. The molecule has 1 aliphatic heterocycles. The first-order valence-electron chi connectivity index (χ1n) is 7.87. The average molecular weight is 521 g/mol. The van der Waals surface area contributed by atoms with E-state index in [4.69, 9.17) is 9.47 Å². The molecule has 1 heterocycles. The maximum atomic E-state index is 12.6. The number of halogens is 3. The summed E-state index contributed by atoms with van der Waals surface area (Å²) in [5, 5.41) is 5.78. The topological polar surface area (TPSA) is 98.3 Å². The van der Waals surface area contributed by atoms with Crippen LogP contribution in [0.3, 0.4) is 0 Å². The van der Waals surface area contributed by atoms with Crippen molar-refractivity contribution in [2.75, 3.05) is 31.9 Å². The van der Waals surface area contributed by atoms with Gasteiger partial charge in [0.05, 0.1) is 5.75 Å². The Morgan fingerprint density at radius 1 is 1.30 bits per heavy atom. The van der Waals surface area contributed by atoms with Gasteiger partial charge in [0.1, 0.15) is 5.75 Å². The van der Waals surface area contributed by atoms with Crippen molar-refractivity contribution in [2.45, 2.75) is 20.1 Å². The zero-order chi connectivity index (χ0) is 19.2. The number of sulfone groups is 1. The molecule has 8 nitrogen and oxygen atoms in total. The molecule has 0 radical (unpaired) electrons. The van der Waals surface area contributed by atoms with Crippen LogP contribution in [-0.2, 0) is 16.4 Å². The van der Waals surface area contributed by atoms with E-state index in [2.05, 4.69) is 20.4 Å². The monoisotopic (exact) mass is 521 g/mol. The zero-order valence-electron chi connectivity index (χ0n) is 14.8. The Labute approximate surface area is 173 Å². The number of nitrogens with one attached hydrogen (secondary N) is 2. The number of guanidine groups is 1. The van der Waals surface area contributed by atoms with Crippen molar-refractivity contribution in [2.24, 2.45) is 4.99 Å². The molecule has 0 aliphatic carbocycles. The van der Waals surface area contributed by atoms with E-state index >= 15 is 0 Å².